The van der Waals surface area contributed by atoms with Crippen molar-refractivity contribution in [2.75, 3.05) is 38.0 Å². The monoisotopic (exact) mass is 505 g/mol. The molecule has 0 aliphatic carbocycles. The first kappa shape index (κ1) is 22.7. The van der Waals surface area contributed by atoms with Gasteiger partial charge in [0.1, 0.15) is 0 Å². The molecule has 1 saturated heterocycles. The van der Waals surface area contributed by atoms with Gasteiger partial charge < -0.3 is 5.32 Å². The Morgan fingerprint density at radius 1 is 1.00 bits per heavy atom. The Morgan fingerprint density at radius 3 is 2.20 bits per heavy atom. The summed E-state index contributed by atoms with van der Waals surface area (Å²) in [5.41, 5.74) is -1.21. The fraction of sp³-hybridized carbons (Fsp3) is 0.316. The van der Waals surface area contributed by atoms with Gasteiger partial charge >= 0.3 is 6.18 Å². The summed E-state index contributed by atoms with van der Waals surface area (Å²) in [5, 5.41) is 2.30. The molecule has 0 saturated carbocycles. The minimum Gasteiger partial charge on any atom is -0.324 e. The van der Waals surface area contributed by atoms with Crippen LogP contribution in [0.3, 0.4) is 0 Å². The van der Waals surface area contributed by atoms with Crippen LogP contribution in [0.5, 0.6) is 0 Å². The van der Waals surface area contributed by atoms with Gasteiger partial charge in [0, 0.05) is 30.7 Å². The van der Waals surface area contributed by atoms with Crippen molar-refractivity contribution in [2.45, 2.75) is 11.1 Å². The van der Waals surface area contributed by atoms with E-state index in [4.69, 9.17) is 0 Å². The van der Waals surface area contributed by atoms with E-state index in [1.807, 2.05) is 0 Å². The first-order chi connectivity index (χ1) is 14.1. The minimum absolute atomic E-state index is 0.127. The number of amides is 1. The molecule has 1 amide bonds. The Kier molecular flexibility index (Phi) is 6.85. The largest absolute Gasteiger partial charge is 0.418 e. The maximum Gasteiger partial charge on any atom is 0.418 e. The van der Waals surface area contributed by atoms with Crippen molar-refractivity contribution in [3.8, 4) is 0 Å². The van der Waals surface area contributed by atoms with Crippen LogP contribution < -0.4 is 5.32 Å². The number of nitrogens with one attached hydrogen (secondary N) is 1. The van der Waals surface area contributed by atoms with E-state index < -0.39 is 27.7 Å². The number of benzene rings is 2. The summed E-state index contributed by atoms with van der Waals surface area (Å²) in [4.78, 5) is 14.1. The van der Waals surface area contributed by atoms with E-state index in [1.165, 1.54) is 34.6 Å². The number of hydrogen-bond acceptors (Lipinski definition) is 4. The fourth-order valence-corrected chi connectivity index (χ4v) is 4.80. The highest BCUT2D eigenvalue weighted by molar-refractivity contribution is 9.10. The number of piperazine rings is 1. The quantitative estimate of drug-likeness (QED) is 0.675. The minimum atomic E-state index is -4.57. The summed E-state index contributed by atoms with van der Waals surface area (Å²) in [6.45, 7) is 0.836. The van der Waals surface area contributed by atoms with Gasteiger partial charge in [-0.3, -0.25) is 9.69 Å². The number of para-hydroxylation sites is 1. The van der Waals surface area contributed by atoms with Crippen molar-refractivity contribution in [1.82, 2.24) is 9.21 Å². The summed E-state index contributed by atoms with van der Waals surface area (Å²) in [6.07, 6.45) is -4.57. The lowest BCUT2D eigenvalue weighted by Gasteiger charge is -2.33. The molecular formula is C19H19BrF3N3O3S. The molecule has 11 heteroatoms. The molecule has 2 aromatic rings. The van der Waals surface area contributed by atoms with Gasteiger partial charge in [-0.2, -0.15) is 17.5 Å². The fourth-order valence-electron chi connectivity index (χ4n) is 3.12. The maximum atomic E-state index is 13.0. The molecule has 0 bridgehead atoms. The molecule has 0 unspecified atom stereocenters. The highest BCUT2D eigenvalue weighted by Crippen LogP contribution is 2.34. The predicted molar refractivity (Wildman–Crippen MR) is 109 cm³/mol. The second-order valence-electron chi connectivity index (χ2n) is 6.73. The third-order valence-corrected chi connectivity index (χ3v) is 7.10. The van der Waals surface area contributed by atoms with E-state index in [0.717, 1.165) is 10.5 Å². The first-order valence-corrected chi connectivity index (χ1v) is 11.2. The average molecular weight is 506 g/mol. The van der Waals surface area contributed by atoms with Gasteiger partial charge in [-0.25, -0.2) is 8.42 Å². The number of alkyl halides is 3. The molecular weight excluding hydrogens is 487 g/mol. The molecule has 0 aromatic heterocycles. The molecule has 6 nitrogen and oxygen atoms in total. The molecule has 1 aliphatic heterocycles. The molecule has 2 aromatic carbocycles. The van der Waals surface area contributed by atoms with Crippen molar-refractivity contribution in [1.29, 1.82) is 0 Å². The number of halogens is 4. The molecule has 1 heterocycles. The molecule has 0 atom stereocenters. The van der Waals surface area contributed by atoms with Crippen LogP contribution in [0.4, 0.5) is 18.9 Å². The van der Waals surface area contributed by atoms with Crippen molar-refractivity contribution in [3.63, 3.8) is 0 Å². The summed E-state index contributed by atoms with van der Waals surface area (Å²) < 4.78 is 66.7. The molecule has 1 N–H and O–H groups in total. The molecule has 30 heavy (non-hydrogen) atoms. The number of carbonyl (C=O) groups is 1. The maximum absolute atomic E-state index is 13.0. The van der Waals surface area contributed by atoms with Crippen LogP contribution in [0.1, 0.15) is 5.56 Å². The molecule has 0 radical (unpaired) electrons. The third-order valence-electron chi connectivity index (χ3n) is 4.66. The van der Waals surface area contributed by atoms with Gasteiger partial charge in [0.2, 0.25) is 15.9 Å². The second-order valence-corrected chi connectivity index (χ2v) is 9.58. The number of anilines is 1. The summed E-state index contributed by atoms with van der Waals surface area (Å²) in [7, 11) is -3.64. The summed E-state index contributed by atoms with van der Waals surface area (Å²) >= 11 is 3.26. The van der Waals surface area contributed by atoms with Gasteiger partial charge in [0.15, 0.2) is 0 Å². The summed E-state index contributed by atoms with van der Waals surface area (Å²) in [5.74, 6) is -0.587. The Labute approximate surface area is 180 Å². The van der Waals surface area contributed by atoms with Crippen LogP contribution in [0.2, 0.25) is 0 Å². The average Bonchev–Trinajstić information content (AvgIpc) is 2.68. The Morgan fingerprint density at radius 2 is 1.60 bits per heavy atom. The van der Waals surface area contributed by atoms with Crippen LogP contribution >= 0.6 is 15.9 Å². The van der Waals surface area contributed by atoms with E-state index in [0.29, 0.717) is 13.1 Å². The van der Waals surface area contributed by atoms with Crippen LogP contribution in [0, 0.1) is 0 Å². The number of nitrogens with zero attached hydrogens (tertiary/aromatic N) is 2. The highest BCUT2D eigenvalue weighted by atomic mass is 79.9. The topological polar surface area (TPSA) is 69.7 Å². The molecule has 0 spiro atoms. The van der Waals surface area contributed by atoms with Crippen molar-refractivity contribution >= 4 is 37.5 Å². The molecule has 3 rings (SSSR count). The Hall–Kier alpha value is -1.95. The lowest BCUT2D eigenvalue weighted by atomic mass is 10.1. The molecule has 1 fully saturated rings. The van der Waals surface area contributed by atoms with Crippen LogP contribution in [-0.2, 0) is 21.0 Å². The van der Waals surface area contributed by atoms with Gasteiger partial charge in [0.25, 0.3) is 0 Å². The normalized spacial score (nSPS) is 16.4. The van der Waals surface area contributed by atoms with Crippen LogP contribution in [-0.4, -0.2) is 56.3 Å². The SMILES string of the molecule is O=C(CN1CCN(S(=O)(=O)c2ccc(Br)cc2)CC1)Nc1ccccc1C(F)(F)F. The predicted octanol–water partition coefficient (Wildman–Crippen LogP) is 3.41. The van der Waals surface area contributed by atoms with Gasteiger partial charge in [0.05, 0.1) is 22.7 Å². The van der Waals surface area contributed by atoms with Gasteiger partial charge in [-0.05, 0) is 36.4 Å². The van der Waals surface area contributed by atoms with E-state index >= 15 is 0 Å². The lowest BCUT2D eigenvalue weighted by molar-refractivity contribution is -0.137. The zero-order valence-electron chi connectivity index (χ0n) is 15.7. The van der Waals surface area contributed by atoms with Gasteiger partial charge in [-0.1, -0.05) is 28.1 Å². The van der Waals surface area contributed by atoms with Gasteiger partial charge in [-0.15, -0.1) is 0 Å². The van der Waals surface area contributed by atoms with E-state index in [2.05, 4.69) is 21.2 Å². The van der Waals surface area contributed by atoms with Crippen molar-refractivity contribution in [3.05, 3.63) is 58.6 Å². The molecule has 1 aliphatic rings. The molecule has 162 valence electrons. The van der Waals surface area contributed by atoms with Crippen molar-refractivity contribution < 1.29 is 26.4 Å². The summed E-state index contributed by atoms with van der Waals surface area (Å²) in [6, 6.07) is 11.1. The number of carbonyl (C=O) groups excluding carboxylic acids is 1. The Bertz CT molecular complexity index is 1010. The van der Waals surface area contributed by atoms with E-state index in [-0.39, 0.29) is 30.2 Å². The number of sulfonamides is 1. The zero-order valence-corrected chi connectivity index (χ0v) is 18.1. The smallest absolute Gasteiger partial charge is 0.324 e. The second kappa shape index (κ2) is 9.04. The number of rotatable bonds is 5. The van der Waals surface area contributed by atoms with Crippen LogP contribution in [0.15, 0.2) is 57.9 Å². The van der Waals surface area contributed by atoms with E-state index in [1.54, 1.807) is 17.0 Å². The van der Waals surface area contributed by atoms with E-state index in [9.17, 15) is 26.4 Å². The standard InChI is InChI=1S/C19H19BrF3N3O3S/c20-14-5-7-15(8-6-14)30(28,29)26-11-9-25(10-12-26)13-18(27)24-17-4-2-1-3-16(17)19(21,22)23/h1-8H,9-13H2,(H,24,27). The zero-order chi connectivity index (χ0) is 21.9. The number of hydrogen-bond donors (Lipinski definition) is 1. The third kappa shape index (κ3) is 5.39. The Balaban J connectivity index is 1.57. The van der Waals surface area contributed by atoms with Crippen LogP contribution in [0.25, 0.3) is 0 Å². The first-order valence-electron chi connectivity index (χ1n) is 9.01. The highest BCUT2D eigenvalue weighted by Gasteiger charge is 2.34. The lowest BCUT2D eigenvalue weighted by Crippen LogP contribution is -2.50. The van der Waals surface area contributed by atoms with Crippen molar-refractivity contribution in [2.24, 2.45) is 0 Å².